The Hall–Kier alpha value is -3.71. The number of hydrogen-bond donors (Lipinski definition) is 2. The summed E-state index contributed by atoms with van der Waals surface area (Å²) in [6.07, 6.45) is 0. The normalized spacial score (nSPS) is 10.8. The highest BCUT2D eigenvalue weighted by Crippen LogP contribution is 1.94. The molecule has 0 radical (unpaired) electrons. The second-order valence-electron chi connectivity index (χ2n) is 9.91. The van der Waals surface area contributed by atoms with Crippen LogP contribution in [-0.4, -0.2) is 170 Å². The number of nitrogens with one attached hydrogen (secondary N) is 2. The molecule has 0 aromatic heterocycles. The summed E-state index contributed by atoms with van der Waals surface area (Å²) in [7, 11) is 0. The summed E-state index contributed by atoms with van der Waals surface area (Å²) in [4.78, 5) is 83.4. The van der Waals surface area contributed by atoms with E-state index in [9.17, 15) is 33.6 Å². The van der Waals surface area contributed by atoms with Gasteiger partial charge in [-0.1, -0.05) is 0 Å². The Bertz CT molecular complexity index is 945. The van der Waals surface area contributed by atoms with Crippen LogP contribution in [-0.2, 0) is 66.7 Å². The summed E-state index contributed by atoms with van der Waals surface area (Å²) in [6, 6.07) is 0. The minimum absolute atomic E-state index is 0.00336. The number of carbonyl (C=O) groups is 7. The lowest BCUT2D eigenvalue weighted by Crippen LogP contribution is -2.41. The SMILES string of the molecule is CC(=O)CN(CCOC(C)=O)CCOC(=O)COCC(=O)NCCOCCOCCNC(=O)CN(CCOC(C)=O)CCOC(C)=O. The monoisotopic (exact) mass is 678 g/mol. The van der Waals surface area contributed by atoms with E-state index in [1.165, 1.54) is 27.7 Å². The number of hydrogen-bond acceptors (Lipinski definition) is 16. The maximum atomic E-state index is 12.2. The topological polar surface area (TPSA) is 215 Å². The molecule has 0 aliphatic carbocycles. The third kappa shape index (κ3) is 30.7. The Kier molecular flexibility index (Phi) is 26.3. The molecule has 0 saturated carbocycles. The van der Waals surface area contributed by atoms with Crippen molar-refractivity contribution in [1.29, 1.82) is 0 Å². The number of nitrogens with zero attached hydrogens (tertiary/aromatic N) is 2. The number of ketones is 1. The molecule has 0 atom stereocenters. The number of amides is 2. The maximum absolute atomic E-state index is 12.2. The Morgan fingerprint density at radius 3 is 1.34 bits per heavy atom. The first-order valence-corrected chi connectivity index (χ1v) is 15.2. The lowest BCUT2D eigenvalue weighted by molar-refractivity contribution is -0.150. The fourth-order valence-corrected chi connectivity index (χ4v) is 3.52. The molecule has 18 heteroatoms. The van der Waals surface area contributed by atoms with Gasteiger partial charge in [-0.3, -0.25) is 38.6 Å². The lowest BCUT2D eigenvalue weighted by Gasteiger charge is -2.21. The number of ether oxygens (including phenoxy) is 7. The van der Waals surface area contributed by atoms with Crippen LogP contribution in [0, 0.1) is 0 Å². The molecular weight excluding hydrogens is 628 g/mol. The van der Waals surface area contributed by atoms with Gasteiger partial charge in [0.1, 0.15) is 45.4 Å². The number of esters is 4. The first kappa shape index (κ1) is 43.3. The van der Waals surface area contributed by atoms with Gasteiger partial charge in [0.25, 0.3) is 0 Å². The van der Waals surface area contributed by atoms with E-state index in [0.29, 0.717) is 19.6 Å². The van der Waals surface area contributed by atoms with Crippen molar-refractivity contribution in [2.75, 3.05) is 118 Å². The minimum Gasteiger partial charge on any atom is -0.465 e. The van der Waals surface area contributed by atoms with Gasteiger partial charge in [0.15, 0.2) is 0 Å². The molecule has 0 aliphatic rings. The van der Waals surface area contributed by atoms with Crippen LogP contribution in [0.15, 0.2) is 0 Å². The minimum atomic E-state index is -0.669. The van der Waals surface area contributed by atoms with Gasteiger partial charge in [0.2, 0.25) is 11.8 Å². The van der Waals surface area contributed by atoms with E-state index in [1.54, 1.807) is 9.80 Å². The van der Waals surface area contributed by atoms with E-state index in [0.717, 1.165) is 0 Å². The molecule has 0 aromatic rings. The van der Waals surface area contributed by atoms with Gasteiger partial charge in [-0.2, -0.15) is 0 Å². The van der Waals surface area contributed by atoms with E-state index in [2.05, 4.69) is 10.6 Å². The van der Waals surface area contributed by atoms with E-state index in [4.69, 9.17) is 33.2 Å². The second kappa shape index (κ2) is 28.5. The highest BCUT2D eigenvalue weighted by Gasteiger charge is 2.13. The summed E-state index contributed by atoms with van der Waals surface area (Å²) in [6.45, 7) is 7.64. The molecule has 0 aromatic carbocycles. The van der Waals surface area contributed by atoms with Gasteiger partial charge < -0.3 is 43.8 Å². The van der Waals surface area contributed by atoms with Crippen molar-refractivity contribution in [1.82, 2.24) is 20.4 Å². The molecule has 270 valence electrons. The average Bonchev–Trinajstić information content (AvgIpc) is 2.97. The van der Waals surface area contributed by atoms with Gasteiger partial charge >= 0.3 is 23.9 Å². The van der Waals surface area contributed by atoms with Crippen molar-refractivity contribution in [3.63, 3.8) is 0 Å². The molecule has 2 amide bonds. The van der Waals surface area contributed by atoms with Crippen molar-refractivity contribution in [3.8, 4) is 0 Å². The molecule has 0 saturated heterocycles. The highest BCUT2D eigenvalue weighted by molar-refractivity contribution is 5.78. The zero-order valence-corrected chi connectivity index (χ0v) is 27.8. The number of carbonyl (C=O) groups excluding carboxylic acids is 7. The van der Waals surface area contributed by atoms with Gasteiger partial charge in [0, 0.05) is 60.0 Å². The van der Waals surface area contributed by atoms with Gasteiger partial charge in [-0.25, -0.2) is 4.79 Å². The van der Waals surface area contributed by atoms with Crippen LogP contribution in [0.25, 0.3) is 0 Å². The van der Waals surface area contributed by atoms with E-state index < -0.39 is 36.4 Å². The fourth-order valence-electron chi connectivity index (χ4n) is 3.52. The zero-order chi connectivity index (χ0) is 35.3. The quantitative estimate of drug-likeness (QED) is 0.0483. The average molecular weight is 679 g/mol. The molecular formula is C29H50N4O14. The molecule has 0 aliphatic heterocycles. The van der Waals surface area contributed by atoms with Crippen molar-refractivity contribution in [2.24, 2.45) is 0 Å². The Balaban J connectivity index is 3.86. The van der Waals surface area contributed by atoms with Crippen LogP contribution in [0.4, 0.5) is 0 Å². The molecule has 0 fully saturated rings. The van der Waals surface area contributed by atoms with Crippen LogP contribution < -0.4 is 10.6 Å². The smallest absolute Gasteiger partial charge is 0.332 e. The molecule has 18 nitrogen and oxygen atoms in total. The van der Waals surface area contributed by atoms with E-state index in [1.807, 2.05) is 0 Å². The van der Waals surface area contributed by atoms with E-state index in [-0.39, 0.29) is 104 Å². The molecule has 0 spiro atoms. The molecule has 0 rings (SSSR count). The van der Waals surface area contributed by atoms with Crippen molar-refractivity contribution in [3.05, 3.63) is 0 Å². The van der Waals surface area contributed by atoms with Crippen LogP contribution in [0.3, 0.4) is 0 Å². The maximum Gasteiger partial charge on any atom is 0.332 e. The fraction of sp³-hybridized carbons (Fsp3) is 0.759. The summed E-state index contributed by atoms with van der Waals surface area (Å²) >= 11 is 0. The van der Waals surface area contributed by atoms with Gasteiger partial charge in [-0.15, -0.1) is 0 Å². The lowest BCUT2D eigenvalue weighted by atomic mass is 10.4. The van der Waals surface area contributed by atoms with Crippen LogP contribution in [0.1, 0.15) is 27.7 Å². The third-order valence-electron chi connectivity index (χ3n) is 5.58. The summed E-state index contributed by atoms with van der Waals surface area (Å²) in [5.41, 5.74) is 0. The molecule has 0 heterocycles. The Morgan fingerprint density at radius 2 is 0.894 bits per heavy atom. The van der Waals surface area contributed by atoms with E-state index >= 15 is 0 Å². The van der Waals surface area contributed by atoms with Gasteiger partial charge in [-0.05, 0) is 6.92 Å². The van der Waals surface area contributed by atoms with Crippen LogP contribution in [0.2, 0.25) is 0 Å². The van der Waals surface area contributed by atoms with Gasteiger partial charge in [0.05, 0.1) is 39.5 Å². The largest absolute Gasteiger partial charge is 0.465 e. The Labute approximate surface area is 275 Å². The van der Waals surface area contributed by atoms with Crippen molar-refractivity contribution >= 4 is 41.5 Å². The highest BCUT2D eigenvalue weighted by atomic mass is 16.6. The Morgan fingerprint density at radius 1 is 0.468 bits per heavy atom. The number of Topliss-reactive ketones (excluding diaryl/α,β-unsaturated/α-hetero) is 1. The van der Waals surface area contributed by atoms with Crippen LogP contribution in [0.5, 0.6) is 0 Å². The second-order valence-corrected chi connectivity index (χ2v) is 9.91. The first-order valence-electron chi connectivity index (χ1n) is 15.2. The molecule has 2 N–H and O–H groups in total. The molecule has 0 unspecified atom stereocenters. The third-order valence-corrected chi connectivity index (χ3v) is 5.58. The summed E-state index contributed by atoms with van der Waals surface area (Å²) in [5, 5.41) is 5.29. The predicted octanol–water partition coefficient (Wildman–Crippen LogP) is -2.31. The molecule has 0 bridgehead atoms. The van der Waals surface area contributed by atoms with Crippen LogP contribution >= 0.6 is 0 Å². The zero-order valence-electron chi connectivity index (χ0n) is 27.8. The number of rotatable bonds is 29. The van der Waals surface area contributed by atoms with Crippen molar-refractivity contribution < 1.29 is 66.7 Å². The molecule has 47 heavy (non-hydrogen) atoms. The summed E-state index contributed by atoms with van der Waals surface area (Å²) in [5.74, 6) is -2.75. The first-order chi connectivity index (χ1) is 22.4. The predicted molar refractivity (Wildman–Crippen MR) is 163 cm³/mol. The standard InChI is InChI=1S/C29H50N4O14/c1-23(34)19-32(7-13-44-24(2)35)10-16-47-29(40)22-43-21-28(39)31-6-12-42-18-17-41-11-5-30-27(38)20-33(8-14-45-25(3)36)9-15-46-26(4)37/h5-22H2,1-4H3,(H,30,38)(H,31,39). The summed E-state index contributed by atoms with van der Waals surface area (Å²) < 4.78 is 35.5. The van der Waals surface area contributed by atoms with Crippen molar-refractivity contribution in [2.45, 2.75) is 27.7 Å².